The van der Waals surface area contributed by atoms with Crippen molar-refractivity contribution in [2.45, 2.75) is 19.0 Å². The van der Waals surface area contributed by atoms with Gasteiger partial charge in [-0.15, -0.1) is 24.0 Å². The maximum Gasteiger partial charge on any atom is 0.317 e. The Morgan fingerprint density at radius 1 is 0.821 bits per heavy atom. The number of rotatable bonds is 7. The molecule has 8 heteroatoms. The number of hydrogen-bond acceptors (Lipinski definition) is 5. The molecular weight excluding hydrogens is 399 g/mol. The van der Waals surface area contributed by atoms with E-state index in [9.17, 15) is 4.79 Å². The van der Waals surface area contributed by atoms with Crippen LogP contribution >= 0.6 is 24.0 Å². The third-order valence-corrected chi connectivity index (χ3v) is 3.72. The molecule has 0 fully saturated rings. The van der Waals surface area contributed by atoms with Crippen molar-refractivity contribution < 1.29 is 9.90 Å². The van der Waals surface area contributed by atoms with Crippen molar-refractivity contribution in [2.75, 3.05) is 6.54 Å². The van der Waals surface area contributed by atoms with Gasteiger partial charge < -0.3 is 5.11 Å². The lowest BCUT2D eigenvalue weighted by atomic mass is 10.3. The van der Waals surface area contributed by atoms with Crippen molar-refractivity contribution in [2.24, 2.45) is 0 Å². The summed E-state index contributed by atoms with van der Waals surface area (Å²) in [7, 11) is 0. The van der Waals surface area contributed by atoms with Gasteiger partial charge in [-0.3, -0.25) is 24.6 Å². The van der Waals surface area contributed by atoms with Gasteiger partial charge in [-0.25, -0.2) is 0 Å². The van der Waals surface area contributed by atoms with E-state index in [4.69, 9.17) is 16.7 Å². The van der Waals surface area contributed by atoms with Gasteiger partial charge >= 0.3 is 5.97 Å². The van der Waals surface area contributed by atoms with E-state index in [-0.39, 0.29) is 19.0 Å². The van der Waals surface area contributed by atoms with Crippen LogP contribution in [-0.2, 0) is 23.8 Å². The molecule has 0 spiro atoms. The maximum atomic E-state index is 10.9. The van der Waals surface area contributed by atoms with E-state index in [2.05, 4.69) is 15.0 Å². The lowest BCUT2D eigenvalue weighted by molar-refractivity contribution is -0.138. The highest BCUT2D eigenvalue weighted by Gasteiger charge is 2.12. The Bertz CT molecular complexity index is 752. The molecule has 0 aromatic carbocycles. The Morgan fingerprint density at radius 3 is 1.54 bits per heavy atom. The van der Waals surface area contributed by atoms with Crippen LogP contribution in [0.15, 0.2) is 73.2 Å². The molecule has 3 aromatic heterocycles. The third-order valence-electron chi connectivity index (χ3n) is 3.45. The highest BCUT2D eigenvalue weighted by Crippen LogP contribution is 2.06. The molecule has 0 aliphatic rings. The summed E-state index contributed by atoms with van der Waals surface area (Å²) in [4.78, 5) is 25.1. The lowest BCUT2D eigenvalue weighted by Crippen LogP contribution is -2.29. The van der Waals surface area contributed by atoms with Crippen molar-refractivity contribution in [1.82, 2.24) is 19.9 Å². The molecule has 0 amide bonds. The van der Waals surface area contributed by atoms with E-state index in [0.29, 0.717) is 19.0 Å². The summed E-state index contributed by atoms with van der Waals surface area (Å²) in [6.45, 7) is 0.945. The van der Waals surface area contributed by atoms with Crippen LogP contribution in [0.1, 0.15) is 17.1 Å². The predicted molar refractivity (Wildman–Crippen MR) is 111 cm³/mol. The monoisotopic (exact) mass is 420 g/mol. The summed E-state index contributed by atoms with van der Waals surface area (Å²) in [5.74, 6) is -0.354. The second-order valence-corrected chi connectivity index (χ2v) is 5.90. The van der Waals surface area contributed by atoms with Crippen LogP contribution in [0, 0.1) is 0 Å². The van der Waals surface area contributed by atoms with Gasteiger partial charge in [0.1, 0.15) is 0 Å². The molecule has 0 atom stereocenters. The molecule has 0 radical (unpaired) electrons. The summed E-state index contributed by atoms with van der Waals surface area (Å²) in [5, 5.41) is 8.96. The fourth-order valence-corrected chi connectivity index (χ4v) is 2.44. The average Bonchev–Trinajstić information content (AvgIpc) is 2.70. The van der Waals surface area contributed by atoms with Crippen molar-refractivity contribution in [3.63, 3.8) is 0 Å². The average molecular weight is 421 g/mol. The Balaban J connectivity index is 0.000000367. The largest absolute Gasteiger partial charge is 0.480 e. The van der Waals surface area contributed by atoms with Crippen molar-refractivity contribution in [3.8, 4) is 0 Å². The topological polar surface area (TPSA) is 79.2 Å². The first-order valence-corrected chi connectivity index (χ1v) is 8.90. The molecule has 6 nitrogen and oxygen atoms in total. The fraction of sp³-hybridized carbons (Fsp3) is 0.200. The van der Waals surface area contributed by atoms with Crippen LogP contribution < -0.4 is 0 Å². The van der Waals surface area contributed by atoms with Crippen LogP contribution in [0.2, 0.25) is 0 Å². The van der Waals surface area contributed by atoms with Crippen LogP contribution in [0.4, 0.5) is 0 Å². The van der Waals surface area contributed by atoms with E-state index in [1.165, 1.54) is 0 Å². The molecule has 0 aliphatic heterocycles. The van der Waals surface area contributed by atoms with E-state index in [1.54, 1.807) is 23.5 Å². The van der Waals surface area contributed by atoms with Gasteiger partial charge in [0.15, 0.2) is 0 Å². The summed E-state index contributed by atoms with van der Waals surface area (Å²) in [5.41, 5.74) is 2.62. The molecule has 148 valence electrons. The molecule has 28 heavy (non-hydrogen) atoms. The van der Waals surface area contributed by atoms with Crippen LogP contribution in [0.5, 0.6) is 0 Å². The van der Waals surface area contributed by atoms with Crippen molar-refractivity contribution in [1.29, 1.82) is 0 Å². The van der Waals surface area contributed by atoms with Crippen LogP contribution in [-0.4, -0.2) is 37.5 Å². The molecule has 3 rings (SSSR count). The maximum absolute atomic E-state index is 10.9. The minimum atomic E-state index is -0.855. The SMILES string of the molecule is Cl.ClCc1ccccn1.O=C(O)CN(Cc1ccccn1)Cc1ccccn1. The minimum absolute atomic E-state index is 0. The molecule has 0 saturated heterocycles. The fourth-order valence-electron chi connectivity index (χ4n) is 2.28. The molecule has 3 heterocycles. The van der Waals surface area contributed by atoms with Gasteiger partial charge in [0.25, 0.3) is 0 Å². The Kier molecular flexibility index (Phi) is 11.4. The normalized spacial score (nSPS) is 9.79. The number of carboxylic acid groups (broad SMARTS) is 1. The number of carbonyl (C=O) groups is 1. The number of nitrogens with zero attached hydrogens (tertiary/aromatic N) is 4. The molecule has 1 N–H and O–H groups in total. The highest BCUT2D eigenvalue weighted by molar-refractivity contribution is 6.16. The van der Waals surface area contributed by atoms with Gasteiger partial charge in [0.05, 0.1) is 29.5 Å². The Hall–Kier alpha value is -2.54. The number of pyridine rings is 3. The number of aliphatic carboxylic acids is 1. The second kappa shape index (κ2) is 13.6. The van der Waals surface area contributed by atoms with E-state index >= 15 is 0 Å². The number of alkyl halides is 1. The number of carboxylic acids is 1. The summed E-state index contributed by atoms with van der Waals surface area (Å²) >= 11 is 5.46. The quantitative estimate of drug-likeness (QED) is 0.585. The zero-order valence-electron chi connectivity index (χ0n) is 15.2. The molecule has 0 bridgehead atoms. The van der Waals surface area contributed by atoms with Gasteiger partial charge in [-0.05, 0) is 36.4 Å². The summed E-state index contributed by atoms with van der Waals surface area (Å²) in [6, 6.07) is 16.9. The first-order valence-electron chi connectivity index (χ1n) is 8.37. The summed E-state index contributed by atoms with van der Waals surface area (Å²) in [6.07, 6.45) is 5.14. The number of halogens is 2. The minimum Gasteiger partial charge on any atom is -0.480 e. The zero-order valence-corrected chi connectivity index (χ0v) is 16.8. The Labute approximate surface area is 175 Å². The van der Waals surface area contributed by atoms with Gasteiger partial charge in [-0.2, -0.15) is 0 Å². The predicted octanol–water partition coefficient (Wildman–Crippen LogP) is 3.81. The summed E-state index contributed by atoms with van der Waals surface area (Å²) < 4.78 is 0. The van der Waals surface area contributed by atoms with Crippen LogP contribution in [0.3, 0.4) is 0 Å². The second-order valence-electron chi connectivity index (χ2n) is 5.64. The zero-order chi connectivity index (χ0) is 19.3. The first kappa shape index (κ1) is 23.5. The van der Waals surface area contributed by atoms with Crippen LogP contribution in [0.25, 0.3) is 0 Å². The number of hydrogen-bond donors (Lipinski definition) is 1. The smallest absolute Gasteiger partial charge is 0.317 e. The number of aromatic nitrogens is 3. The van der Waals surface area contributed by atoms with Crippen molar-refractivity contribution in [3.05, 3.63) is 90.3 Å². The van der Waals surface area contributed by atoms with E-state index in [1.807, 2.05) is 54.6 Å². The van der Waals surface area contributed by atoms with Gasteiger partial charge in [0.2, 0.25) is 0 Å². The third kappa shape index (κ3) is 9.41. The van der Waals surface area contributed by atoms with Gasteiger partial charge in [0, 0.05) is 31.7 Å². The van der Waals surface area contributed by atoms with E-state index < -0.39 is 5.97 Å². The molecule has 0 saturated carbocycles. The molecule has 0 aliphatic carbocycles. The first-order chi connectivity index (χ1) is 13.2. The molecular formula is C20H22Cl2N4O2. The van der Waals surface area contributed by atoms with Crippen molar-refractivity contribution >= 4 is 30.0 Å². The Morgan fingerprint density at radius 2 is 1.25 bits per heavy atom. The molecule has 0 unspecified atom stereocenters. The van der Waals surface area contributed by atoms with Gasteiger partial charge in [-0.1, -0.05) is 18.2 Å². The highest BCUT2D eigenvalue weighted by atomic mass is 35.5. The molecule has 3 aromatic rings. The lowest BCUT2D eigenvalue weighted by Gasteiger charge is -2.19. The van der Waals surface area contributed by atoms with E-state index in [0.717, 1.165) is 17.1 Å². The standard InChI is InChI=1S/C14H15N3O2.C6H6ClN.ClH/c18-14(19)11-17(9-12-5-1-3-7-15-12)10-13-6-2-4-8-16-13;7-5-6-3-1-2-4-8-6;/h1-8H,9-11H2,(H,18,19);1-4H,5H2;1H.